The lowest BCUT2D eigenvalue weighted by Gasteiger charge is -2.32. The highest BCUT2D eigenvalue weighted by molar-refractivity contribution is 5.98. The van der Waals surface area contributed by atoms with Crippen LogP contribution in [0.3, 0.4) is 0 Å². The van der Waals surface area contributed by atoms with E-state index in [-0.39, 0.29) is 24.7 Å². The van der Waals surface area contributed by atoms with Crippen LogP contribution in [0, 0.1) is 0 Å². The first kappa shape index (κ1) is 20.5. The molecular weight excluding hydrogens is 360 g/mol. The topological polar surface area (TPSA) is 68.3 Å². The van der Waals surface area contributed by atoms with Crippen molar-refractivity contribution in [2.24, 2.45) is 0 Å². The number of hydrogen-bond donors (Lipinski definition) is 0. The van der Waals surface area contributed by atoms with Crippen LogP contribution in [0.15, 0.2) is 12.1 Å². The predicted octanol–water partition coefficient (Wildman–Crippen LogP) is 2.78. The van der Waals surface area contributed by atoms with E-state index in [0.29, 0.717) is 31.8 Å². The number of anilines is 1. The van der Waals surface area contributed by atoms with Gasteiger partial charge in [0.1, 0.15) is 11.4 Å². The standard InChI is InChI=1S/C21H30N2O5/c1-14(26-5)12-23-17-10-15-6-8-22(20(25)28-21(2,3)4)9-7-16(15)11-18(17)27-13-19(23)24/h10-11,14H,6-9,12-13H2,1-5H3/t14-/m0/s1. The van der Waals surface area contributed by atoms with Gasteiger partial charge in [0.15, 0.2) is 6.61 Å². The SMILES string of the molecule is CO[C@@H](C)CN1C(=O)COc2cc3c(cc21)CCN(C(=O)OC(C)(C)C)CC3. The van der Waals surface area contributed by atoms with Gasteiger partial charge in [0.25, 0.3) is 5.91 Å². The predicted molar refractivity (Wildman–Crippen MR) is 106 cm³/mol. The van der Waals surface area contributed by atoms with Crippen LogP contribution in [0.5, 0.6) is 5.75 Å². The zero-order valence-electron chi connectivity index (χ0n) is 17.4. The van der Waals surface area contributed by atoms with E-state index >= 15 is 0 Å². The summed E-state index contributed by atoms with van der Waals surface area (Å²) in [6.07, 6.45) is 1.08. The van der Waals surface area contributed by atoms with Crippen molar-refractivity contribution in [3.8, 4) is 5.75 Å². The van der Waals surface area contributed by atoms with Crippen molar-refractivity contribution in [2.45, 2.75) is 52.2 Å². The summed E-state index contributed by atoms with van der Waals surface area (Å²) < 4.78 is 16.5. The Morgan fingerprint density at radius 1 is 1.21 bits per heavy atom. The first-order valence-corrected chi connectivity index (χ1v) is 9.77. The van der Waals surface area contributed by atoms with Gasteiger partial charge in [-0.25, -0.2) is 4.79 Å². The van der Waals surface area contributed by atoms with E-state index < -0.39 is 5.60 Å². The number of fused-ring (bicyclic) bond motifs is 2. The lowest BCUT2D eigenvalue weighted by atomic mass is 10.0. The van der Waals surface area contributed by atoms with E-state index in [1.807, 2.05) is 39.8 Å². The van der Waals surface area contributed by atoms with Gasteiger partial charge in [-0.3, -0.25) is 4.79 Å². The summed E-state index contributed by atoms with van der Waals surface area (Å²) in [5.74, 6) is 0.646. The van der Waals surface area contributed by atoms with Crippen LogP contribution < -0.4 is 9.64 Å². The van der Waals surface area contributed by atoms with Crippen LogP contribution in [0.25, 0.3) is 0 Å². The lowest BCUT2D eigenvalue weighted by molar-refractivity contribution is -0.121. The summed E-state index contributed by atoms with van der Waals surface area (Å²) in [5.41, 5.74) is 2.56. The van der Waals surface area contributed by atoms with Crippen molar-refractivity contribution in [2.75, 3.05) is 38.3 Å². The average molecular weight is 390 g/mol. The maximum Gasteiger partial charge on any atom is 0.410 e. The number of carbonyl (C=O) groups excluding carboxylic acids is 2. The summed E-state index contributed by atoms with van der Waals surface area (Å²) in [5, 5.41) is 0. The molecule has 3 rings (SSSR count). The molecule has 0 saturated carbocycles. The molecular formula is C21H30N2O5. The Bertz CT molecular complexity index is 756. The minimum atomic E-state index is -0.512. The van der Waals surface area contributed by atoms with Crippen LogP contribution in [0.1, 0.15) is 38.8 Å². The molecule has 2 amide bonds. The first-order chi connectivity index (χ1) is 13.2. The second-order valence-corrected chi connectivity index (χ2v) is 8.40. The lowest BCUT2D eigenvalue weighted by Crippen LogP contribution is -2.43. The minimum Gasteiger partial charge on any atom is -0.482 e. The third-order valence-electron chi connectivity index (χ3n) is 5.02. The van der Waals surface area contributed by atoms with Gasteiger partial charge in [-0.15, -0.1) is 0 Å². The van der Waals surface area contributed by atoms with E-state index in [4.69, 9.17) is 14.2 Å². The highest BCUT2D eigenvalue weighted by Crippen LogP contribution is 2.36. The maximum absolute atomic E-state index is 12.4. The second kappa shape index (κ2) is 7.99. The molecule has 0 fully saturated rings. The molecule has 0 saturated heterocycles. The van der Waals surface area contributed by atoms with Crippen LogP contribution in [-0.4, -0.2) is 62.0 Å². The molecule has 2 aliphatic rings. The molecule has 1 aromatic rings. The number of methoxy groups -OCH3 is 1. The highest BCUT2D eigenvalue weighted by Gasteiger charge is 2.30. The van der Waals surface area contributed by atoms with Crippen LogP contribution in [0.4, 0.5) is 10.5 Å². The van der Waals surface area contributed by atoms with E-state index in [1.165, 1.54) is 0 Å². The van der Waals surface area contributed by atoms with E-state index in [1.54, 1.807) is 16.9 Å². The van der Waals surface area contributed by atoms with Crippen LogP contribution >= 0.6 is 0 Å². The number of benzene rings is 1. The zero-order valence-corrected chi connectivity index (χ0v) is 17.4. The molecule has 7 nitrogen and oxygen atoms in total. The Kier molecular flexibility index (Phi) is 5.84. The number of amides is 2. The van der Waals surface area contributed by atoms with Crippen LogP contribution in [-0.2, 0) is 27.1 Å². The van der Waals surface area contributed by atoms with Gasteiger partial charge in [-0.05, 0) is 63.8 Å². The molecule has 1 atom stereocenters. The summed E-state index contributed by atoms with van der Waals surface area (Å²) in [6.45, 7) is 9.25. The fraction of sp³-hybridized carbons (Fsp3) is 0.619. The maximum atomic E-state index is 12.4. The third kappa shape index (κ3) is 4.58. The fourth-order valence-corrected chi connectivity index (χ4v) is 3.46. The number of nitrogens with zero attached hydrogens (tertiary/aromatic N) is 2. The Hall–Kier alpha value is -2.28. The molecule has 0 radical (unpaired) electrons. The van der Waals surface area contributed by atoms with Crippen molar-refractivity contribution < 1.29 is 23.8 Å². The molecule has 1 aromatic carbocycles. The van der Waals surface area contributed by atoms with Gasteiger partial charge in [-0.1, -0.05) is 0 Å². The molecule has 0 aliphatic carbocycles. The first-order valence-electron chi connectivity index (χ1n) is 9.77. The zero-order chi connectivity index (χ0) is 20.5. The van der Waals surface area contributed by atoms with E-state index in [2.05, 4.69) is 0 Å². The van der Waals surface area contributed by atoms with E-state index in [9.17, 15) is 9.59 Å². The molecule has 2 heterocycles. The van der Waals surface area contributed by atoms with Gasteiger partial charge in [-0.2, -0.15) is 0 Å². The Labute approximate surface area is 166 Å². The van der Waals surface area contributed by atoms with Crippen molar-refractivity contribution in [1.29, 1.82) is 0 Å². The Morgan fingerprint density at radius 2 is 1.86 bits per heavy atom. The monoisotopic (exact) mass is 390 g/mol. The minimum absolute atomic E-state index is 0.0340. The van der Waals surface area contributed by atoms with Crippen molar-refractivity contribution in [3.63, 3.8) is 0 Å². The summed E-state index contributed by atoms with van der Waals surface area (Å²) >= 11 is 0. The molecule has 2 aliphatic heterocycles. The number of hydrogen-bond acceptors (Lipinski definition) is 5. The molecule has 7 heteroatoms. The summed E-state index contributed by atoms with van der Waals surface area (Å²) in [4.78, 5) is 28.3. The van der Waals surface area contributed by atoms with Gasteiger partial charge >= 0.3 is 6.09 Å². The number of rotatable bonds is 3. The average Bonchev–Trinajstić information content (AvgIpc) is 2.83. The van der Waals surface area contributed by atoms with Gasteiger partial charge in [0.05, 0.1) is 18.3 Å². The summed E-state index contributed by atoms with van der Waals surface area (Å²) in [6, 6.07) is 4.04. The fourth-order valence-electron chi connectivity index (χ4n) is 3.46. The quantitative estimate of drug-likeness (QED) is 0.794. The molecule has 0 N–H and O–H groups in total. The third-order valence-corrected chi connectivity index (χ3v) is 5.02. The van der Waals surface area contributed by atoms with Crippen LogP contribution in [0.2, 0.25) is 0 Å². The van der Waals surface area contributed by atoms with Crippen molar-refractivity contribution >= 4 is 17.7 Å². The molecule has 0 bridgehead atoms. The van der Waals surface area contributed by atoms with Crippen molar-refractivity contribution in [3.05, 3.63) is 23.3 Å². The largest absolute Gasteiger partial charge is 0.482 e. The molecule has 0 spiro atoms. The molecule has 0 aromatic heterocycles. The smallest absolute Gasteiger partial charge is 0.410 e. The van der Waals surface area contributed by atoms with Crippen molar-refractivity contribution in [1.82, 2.24) is 4.90 Å². The normalized spacial score (nSPS) is 18.0. The number of carbonyl (C=O) groups is 2. The Morgan fingerprint density at radius 3 is 2.46 bits per heavy atom. The molecule has 0 unspecified atom stereocenters. The van der Waals surface area contributed by atoms with Gasteiger partial charge in [0, 0.05) is 20.2 Å². The second-order valence-electron chi connectivity index (χ2n) is 8.40. The Balaban J connectivity index is 1.81. The van der Waals surface area contributed by atoms with Gasteiger partial charge in [0.2, 0.25) is 0 Å². The summed E-state index contributed by atoms with van der Waals surface area (Å²) in [7, 11) is 1.64. The van der Waals surface area contributed by atoms with E-state index in [0.717, 1.165) is 23.2 Å². The molecule has 28 heavy (non-hydrogen) atoms. The molecule has 154 valence electrons. The highest BCUT2D eigenvalue weighted by atomic mass is 16.6. The number of ether oxygens (including phenoxy) is 3. The van der Waals surface area contributed by atoms with Gasteiger partial charge < -0.3 is 24.0 Å².